The van der Waals surface area contributed by atoms with Crippen LogP contribution in [0.25, 0.3) is 0 Å². The molecule has 1 rings (SSSR count). The van der Waals surface area contributed by atoms with Crippen LogP contribution in [0, 0.1) is 0 Å². The summed E-state index contributed by atoms with van der Waals surface area (Å²) in [6.07, 6.45) is 3.53. The van der Waals surface area contributed by atoms with Gasteiger partial charge in [0.25, 0.3) is 0 Å². The van der Waals surface area contributed by atoms with E-state index in [0.29, 0.717) is 24.5 Å². The Morgan fingerprint density at radius 2 is 2.37 bits per heavy atom. The number of aliphatic hydroxyl groups is 1. The highest BCUT2D eigenvalue weighted by atomic mass is 32.2. The van der Waals surface area contributed by atoms with Crippen LogP contribution in [0.3, 0.4) is 0 Å². The lowest BCUT2D eigenvalue weighted by atomic mass is 10.1. The molecule has 7 heteroatoms. The van der Waals surface area contributed by atoms with Crippen LogP contribution in [0.4, 0.5) is 0 Å². The van der Waals surface area contributed by atoms with Crippen LogP contribution in [-0.4, -0.2) is 45.3 Å². The molecule has 6 nitrogen and oxygen atoms in total. The van der Waals surface area contributed by atoms with Crippen molar-refractivity contribution in [2.45, 2.75) is 19.1 Å². The minimum absolute atomic E-state index is 0.0201. The topological polar surface area (TPSA) is 104 Å². The van der Waals surface area contributed by atoms with Gasteiger partial charge in [0.15, 0.2) is 5.84 Å². The molecule has 1 heterocycles. The molecule has 0 aliphatic heterocycles. The zero-order valence-corrected chi connectivity index (χ0v) is 11.9. The van der Waals surface area contributed by atoms with Crippen molar-refractivity contribution in [3.05, 3.63) is 29.6 Å². The number of hydrogen-bond acceptors (Lipinski definition) is 6. The first-order valence-electron chi connectivity index (χ1n) is 5.84. The Labute approximate surface area is 117 Å². The number of amidine groups is 1. The van der Waals surface area contributed by atoms with Crippen LogP contribution in [0.2, 0.25) is 0 Å². The number of oxime groups is 1. The van der Waals surface area contributed by atoms with Crippen LogP contribution in [0.15, 0.2) is 23.5 Å². The summed E-state index contributed by atoms with van der Waals surface area (Å²) >= 11 is 1.59. The highest BCUT2D eigenvalue weighted by Gasteiger charge is 2.19. The highest BCUT2D eigenvalue weighted by molar-refractivity contribution is 7.98. The molecule has 1 aromatic rings. The van der Waals surface area contributed by atoms with Gasteiger partial charge < -0.3 is 21.4 Å². The Balaban J connectivity index is 2.64. The maximum atomic E-state index is 10.0. The van der Waals surface area contributed by atoms with Crippen molar-refractivity contribution in [1.82, 2.24) is 10.3 Å². The van der Waals surface area contributed by atoms with Gasteiger partial charge in [-0.2, -0.15) is 11.8 Å². The number of rotatable bonds is 7. The van der Waals surface area contributed by atoms with Crippen molar-refractivity contribution in [2.75, 3.05) is 18.6 Å². The second kappa shape index (κ2) is 7.32. The number of hydrogen-bond donors (Lipinski definition) is 4. The van der Waals surface area contributed by atoms with E-state index in [0.717, 1.165) is 5.56 Å². The molecule has 5 N–H and O–H groups in total. The summed E-state index contributed by atoms with van der Waals surface area (Å²) in [5, 5.41) is 24.8. The fourth-order valence-corrected chi connectivity index (χ4v) is 2.41. The Hall–Kier alpha value is -1.31. The summed E-state index contributed by atoms with van der Waals surface area (Å²) in [6.45, 7) is 2.73. The molecule has 1 unspecified atom stereocenters. The Morgan fingerprint density at radius 1 is 1.63 bits per heavy atom. The molecule has 0 aromatic carbocycles. The third-order valence-electron chi connectivity index (χ3n) is 2.52. The van der Waals surface area contributed by atoms with Crippen LogP contribution >= 0.6 is 11.8 Å². The van der Waals surface area contributed by atoms with E-state index in [1.807, 2.05) is 12.3 Å². The van der Waals surface area contributed by atoms with Gasteiger partial charge in [0, 0.05) is 25.0 Å². The molecular formula is C12H20N4O2S. The molecule has 1 atom stereocenters. The third kappa shape index (κ3) is 5.06. The van der Waals surface area contributed by atoms with Crippen molar-refractivity contribution >= 4 is 17.6 Å². The quantitative estimate of drug-likeness (QED) is 0.250. The van der Waals surface area contributed by atoms with Crippen molar-refractivity contribution in [2.24, 2.45) is 10.9 Å². The van der Waals surface area contributed by atoms with Crippen molar-refractivity contribution < 1.29 is 10.3 Å². The molecular weight excluding hydrogens is 264 g/mol. The molecule has 0 saturated heterocycles. The van der Waals surface area contributed by atoms with Gasteiger partial charge in [-0.25, -0.2) is 0 Å². The van der Waals surface area contributed by atoms with E-state index in [-0.39, 0.29) is 5.84 Å². The molecule has 0 amide bonds. The predicted octanol–water partition coefficient (Wildman–Crippen LogP) is 0.380. The number of thioether (sulfide) groups is 1. The van der Waals surface area contributed by atoms with E-state index in [4.69, 9.17) is 10.9 Å². The molecule has 0 bridgehead atoms. The Kier molecular flexibility index (Phi) is 6.07. The van der Waals surface area contributed by atoms with Gasteiger partial charge in [0.1, 0.15) is 5.69 Å². The van der Waals surface area contributed by atoms with Gasteiger partial charge in [0.05, 0.1) is 5.60 Å². The largest absolute Gasteiger partial charge is 0.409 e. The molecule has 0 fully saturated rings. The van der Waals surface area contributed by atoms with Crippen molar-refractivity contribution in [1.29, 1.82) is 0 Å². The van der Waals surface area contributed by atoms with E-state index in [1.165, 1.54) is 0 Å². The number of aromatic nitrogens is 1. The lowest BCUT2D eigenvalue weighted by Crippen LogP contribution is -2.40. The zero-order valence-electron chi connectivity index (χ0n) is 11.1. The highest BCUT2D eigenvalue weighted by Crippen LogP contribution is 2.10. The number of pyridine rings is 1. The van der Waals surface area contributed by atoms with Crippen LogP contribution in [0.5, 0.6) is 0 Å². The Bertz CT molecular complexity index is 437. The third-order valence-corrected chi connectivity index (χ3v) is 3.43. The molecule has 0 saturated carbocycles. The molecule has 1 aromatic heterocycles. The van der Waals surface area contributed by atoms with E-state index in [1.54, 1.807) is 30.9 Å². The summed E-state index contributed by atoms with van der Waals surface area (Å²) in [5.41, 5.74) is 6.06. The number of nitrogens with zero attached hydrogens (tertiary/aromatic N) is 2. The smallest absolute Gasteiger partial charge is 0.189 e. The van der Waals surface area contributed by atoms with Crippen LogP contribution in [0.1, 0.15) is 18.2 Å². The fourth-order valence-electron chi connectivity index (χ4n) is 1.69. The van der Waals surface area contributed by atoms with Gasteiger partial charge in [-0.3, -0.25) is 4.98 Å². The SMILES string of the molecule is CSCC(C)(O)CNCc1cccnc1/C(N)=N/O. The normalized spacial score (nSPS) is 15.2. The van der Waals surface area contributed by atoms with Gasteiger partial charge in [0.2, 0.25) is 0 Å². The predicted molar refractivity (Wildman–Crippen MR) is 77.5 cm³/mol. The van der Waals surface area contributed by atoms with Gasteiger partial charge in [-0.15, -0.1) is 0 Å². The van der Waals surface area contributed by atoms with Gasteiger partial charge in [-0.05, 0) is 24.8 Å². The van der Waals surface area contributed by atoms with Crippen molar-refractivity contribution in [3.8, 4) is 0 Å². The number of nitrogens with one attached hydrogen (secondary N) is 1. The molecule has 0 aliphatic carbocycles. The molecule has 0 spiro atoms. The minimum atomic E-state index is -0.765. The average molecular weight is 284 g/mol. The molecule has 19 heavy (non-hydrogen) atoms. The standard InChI is InChI=1S/C12H20N4O2S/c1-12(17,8-19-2)7-14-6-9-4-3-5-15-10(9)11(13)16-18/h3-5,14,17-18H,6-8H2,1-2H3,(H2,13,16). The summed E-state index contributed by atoms with van der Waals surface area (Å²) in [4.78, 5) is 4.08. The van der Waals surface area contributed by atoms with Crippen LogP contribution < -0.4 is 11.1 Å². The summed E-state index contributed by atoms with van der Waals surface area (Å²) < 4.78 is 0. The van der Waals surface area contributed by atoms with Crippen molar-refractivity contribution in [3.63, 3.8) is 0 Å². The van der Waals surface area contributed by atoms with E-state index in [2.05, 4.69) is 15.5 Å². The average Bonchev–Trinajstić information content (AvgIpc) is 2.38. The fraction of sp³-hybridized carbons (Fsp3) is 0.500. The lowest BCUT2D eigenvalue weighted by Gasteiger charge is -2.22. The second-order valence-corrected chi connectivity index (χ2v) is 5.40. The van der Waals surface area contributed by atoms with Gasteiger partial charge in [-0.1, -0.05) is 11.2 Å². The molecule has 106 valence electrons. The minimum Gasteiger partial charge on any atom is -0.409 e. The second-order valence-electron chi connectivity index (χ2n) is 4.53. The Morgan fingerprint density at radius 3 is 3.00 bits per heavy atom. The summed E-state index contributed by atoms with van der Waals surface area (Å²) in [6, 6.07) is 3.63. The van der Waals surface area contributed by atoms with E-state index in [9.17, 15) is 5.11 Å². The van der Waals surface area contributed by atoms with E-state index < -0.39 is 5.60 Å². The van der Waals surface area contributed by atoms with Crippen LogP contribution in [-0.2, 0) is 6.54 Å². The number of nitrogens with two attached hydrogens (primary N) is 1. The first-order valence-corrected chi connectivity index (χ1v) is 7.23. The molecule has 0 radical (unpaired) electrons. The van der Waals surface area contributed by atoms with Gasteiger partial charge >= 0.3 is 0 Å². The monoisotopic (exact) mass is 284 g/mol. The summed E-state index contributed by atoms with van der Waals surface area (Å²) in [5.74, 6) is 0.633. The maximum absolute atomic E-state index is 10.0. The molecule has 0 aliphatic rings. The summed E-state index contributed by atoms with van der Waals surface area (Å²) in [7, 11) is 0. The first kappa shape index (κ1) is 15.7. The maximum Gasteiger partial charge on any atom is 0.189 e. The first-order chi connectivity index (χ1) is 9.00. The van der Waals surface area contributed by atoms with E-state index >= 15 is 0 Å². The zero-order chi connectivity index (χ0) is 14.3. The lowest BCUT2D eigenvalue weighted by molar-refractivity contribution is 0.0846.